The van der Waals surface area contributed by atoms with Gasteiger partial charge in [-0.1, -0.05) is 24.3 Å². The van der Waals surface area contributed by atoms with E-state index in [9.17, 15) is 9.59 Å². The summed E-state index contributed by atoms with van der Waals surface area (Å²) in [6.45, 7) is 6.46. The Morgan fingerprint density at radius 3 is 2.56 bits per heavy atom. The number of aryl methyl sites for hydroxylation is 2. The number of benzene rings is 2. The van der Waals surface area contributed by atoms with E-state index in [4.69, 9.17) is 4.74 Å². The first-order valence-corrected chi connectivity index (χ1v) is 9.14. The van der Waals surface area contributed by atoms with Crippen molar-refractivity contribution in [3.63, 3.8) is 0 Å². The molecule has 0 fully saturated rings. The van der Waals surface area contributed by atoms with Gasteiger partial charge in [-0.15, -0.1) is 0 Å². The summed E-state index contributed by atoms with van der Waals surface area (Å²) in [5.41, 5.74) is 4.04. The molecule has 0 aromatic heterocycles. The van der Waals surface area contributed by atoms with Crippen LogP contribution in [0.25, 0.3) is 0 Å². The fourth-order valence-corrected chi connectivity index (χ4v) is 2.84. The van der Waals surface area contributed by atoms with Gasteiger partial charge in [-0.25, -0.2) is 0 Å². The van der Waals surface area contributed by atoms with Crippen LogP contribution in [0.4, 0.5) is 5.69 Å². The molecule has 0 aliphatic heterocycles. The van der Waals surface area contributed by atoms with Gasteiger partial charge in [0.1, 0.15) is 5.75 Å². The van der Waals surface area contributed by atoms with Crippen LogP contribution in [0.2, 0.25) is 0 Å². The Bertz CT molecular complexity index is 802. The van der Waals surface area contributed by atoms with E-state index in [0.717, 1.165) is 34.5 Å². The van der Waals surface area contributed by atoms with E-state index in [2.05, 4.69) is 5.32 Å². The van der Waals surface area contributed by atoms with E-state index >= 15 is 0 Å². The van der Waals surface area contributed by atoms with Crippen molar-refractivity contribution in [3.8, 4) is 5.75 Å². The molecular formula is C22H28N2O3. The van der Waals surface area contributed by atoms with Crippen LogP contribution in [0.3, 0.4) is 0 Å². The molecule has 0 radical (unpaired) electrons. The predicted molar refractivity (Wildman–Crippen MR) is 108 cm³/mol. The van der Waals surface area contributed by atoms with E-state index in [1.54, 1.807) is 12.0 Å². The number of hydrogen-bond donors (Lipinski definition) is 1. The van der Waals surface area contributed by atoms with Crippen LogP contribution in [-0.2, 0) is 16.0 Å². The zero-order valence-corrected chi connectivity index (χ0v) is 16.5. The van der Waals surface area contributed by atoms with Gasteiger partial charge in [0, 0.05) is 32.1 Å². The number of ether oxygens (including phenoxy) is 1. The first-order chi connectivity index (χ1) is 12.9. The van der Waals surface area contributed by atoms with Crippen molar-refractivity contribution in [2.45, 2.75) is 33.6 Å². The summed E-state index contributed by atoms with van der Waals surface area (Å²) in [6, 6.07) is 13.8. The van der Waals surface area contributed by atoms with Crippen LogP contribution in [-0.4, -0.2) is 36.9 Å². The van der Waals surface area contributed by atoms with Crippen molar-refractivity contribution in [2.24, 2.45) is 0 Å². The molecule has 0 bridgehead atoms. The lowest BCUT2D eigenvalue weighted by Gasteiger charge is -2.21. The second kappa shape index (κ2) is 9.76. The second-order valence-electron chi connectivity index (χ2n) is 6.72. The van der Waals surface area contributed by atoms with Gasteiger partial charge >= 0.3 is 0 Å². The van der Waals surface area contributed by atoms with Crippen LogP contribution in [0.15, 0.2) is 42.5 Å². The Morgan fingerprint density at radius 1 is 1.07 bits per heavy atom. The van der Waals surface area contributed by atoms with Crippen molar-refractivity contribution in [2.75, 3.05) is 25.5 Å². The van der Waals surface area contributed by atoms with Gasteiger partial charge in [0.25, 0.3) is 0 Å². The van der Waals surface area contributed by atoms with Crippen molar-refractivity contribution >= 4 is 17.5 Å². The molecule has 144 valence electrons. The van der Waals surface area contributed by atoms with Gasteiger partial charge in [-0.3, -0.25) is 9.59 Å². The molecule has 1 N–H and O–H groups in total. The molecule has 5 heteroatoms. The molecule has 5 nitrogen and oxygen atoms in total. The number of hydrogen-bond acceptors (Lipinski definition) is 3. The number of amides is 2. The summed E-state index contributed by atoms with van der Waals surface area (Å²) in [4.78, 5) is 25.9. The van der Waals surface area contributed by atoms with Crippen molar-refractivity contribution in [1.29, 1.82) is 0 Å². The average molecular weight is 368 g/mol. The fourth-order valence-electron chi connectivity index (χ4n) is 2.84. The third-order valence-electron chi connectivity index (χ3n) is 4.53. The number of rotatable bonds is 8. The average Bonchev–Trinajstić information content (AvgIpc) is 2.64. The molecule has 2 amide bonds. The topological polar surface area (TPSA) is 58.6 Å². The van der Waals surface area contributed by atoms with Crippen LogP contribution < -0.4 is 10.1 Å². The molecule has 0 unspecified atom stereocenters. The Balaban J connectivity index is 1.89. The van der Waals surface area contributed by atoms with E-state index < -0.39 is 0 Å². The van der Waals surface area contributed by atoms with Gasteiger partial charge in [-0.2, -0.15) is 0 Å². The Labute approximate surface area is 161 Å². The molecule has 2 aromatic rings. The SMILES string of the molecule is COc1cccc(CCN(CCC(=O)Nc2cc(C)ccc2C)C(C)=O)c1. The molecule has 0 atom stereocenters. The highest BCUT2D eigenvalue weighted by Crippen LogP contribution is 2.17. The van der Waals surface area contributed by atoms with E-state index in [0.29, 0.717) is 13.1 Å². The molecular weight excluding hydrogens is 340 g/mol. The van der Waals surface area contributed by atoms with Crippen molar-refractivity contribution in [3.05, 3.63) is 59.2 Å². The quantitative estimate of drug-likeness (QED) is 0.772. The maximum Gasteiger partial charge on any atom is 0.226 e. The molecule has 0 saturated carbocycles. The molecule has 2 rings (SSSR count). The van der Waals surface area contributed by atoms with E-state index in [1.807, 2.05) is 56.3 Å². The molecule has 27 heavy (non-hydrogen) atoms. The molecule has 0 aliphatic carbocycles. The van der Waals surface area contributed by atoms with Gasteiger partial charge in [0.2, 0.25) is 11.8 Å². The van der Waals surface area contributed by atoms with Gasteiger partial charge < -0.3 is 15.0 Å². The number of carbonyl (C=O) groups is 2. The number of methoxy groups -OCH3 is 1. The van der Waals surface area contributed by atoms with Crippen LogP contribution in [0, 0.1) is 13.8 Å². The highest BCUT2D eigenvalue weighted by molar-refractivity contribution is 5.92. The zero-order chi connectivity index (χ0) is 19.8. The standard InChI is InChI=1S/C22H28N2O3/c1-16-8-9-17(2)21(14-16)23-22(26)11-13-24(18(3)25)12-10-19-6-5-7-20(15-19)27-4/h5-9,14-15H,10-13H2,1-4H3,(H,23,26). The largest absolute Gasteiger partial charge is 0.497 e. The zero-order valence-electron chi connectivity index (χ0n) is 16.5. The smallest absolute Gasteiger partial charge is 0.226 e. The Kier molecular flexibility index (Phi) is 7.41. The molecule has 0 saturated heterocycles. The third kappa shape index (κ3) is 6.44. The lowest BCUT2D eigenvalue weighted by atomic mass is 10.1. The normalized spacial score (nSPS) is 10.4. The first kappa shape index (κ1) is 20.5. The minimum absolute atomic E-state index is 0.0302. The minimum Gasteiger partial charge on any atom is -0.497 e. The third-order valence-corrected chi connectivity index (χ3v) is 4.53. The highest BCUT2D eigenvalue weighted by Gasteiger charge is 2.12. The van der Waals surface area contributed by atoms with Gasteiger partial charge in [0.05, 0.1) is 7.11 Å². The maximum atomic E-state index is 12.3. The van der Waals surface area contributed by atoms with Crippen LogP contribution >= 0.6 is 0 Å². The lowest BCUT2D eigenvalue weighted by Crippen LogP contribution is -2.33. The summed E-state index contributed by atoms with van der Waals surface area (Å²) in [6.07, 6.45) is 0.987. The van der Waals surface area contributed by atoms with Crippen molar-refractivity contribution < 1.29 is 14.3 Å². The molecule has 0 spiro atoms. The predicted octanol–water partition coefficient (Wildman–Crippen LogP) is 3.73. The summed E-state index contributed by atoms with van der Waals surface area (Å²) in [7, 11) is 1.63. The first-order valence-electron chi connectivity index (χ1n) is 9.14. The summed E-state index contributed by atoms with van der Waals surface area (Å²) < 4.78 is 5.23. The monoisotopic (exact) mass is 368 g/mol. The lowest BCUT2D eigenvalue weighted by molar-refractivity contribution is -0.129. The van der Waals surface area contributed by atoms with Crippen molar-refractivity contribution in [1.82, 2.24) is 4.90 Å². The number of carbonyl (C=O) groups excluding carboxylic acids is 2. The minimum atomic E-state index is -0.0867. The number of nitrogens with zero attached hydrogens (tertiary/aromatic N) is 1. The van der Waals surface area contributed by atoms with E-state index in [1.165, 1.54) is 6.92 Å². The van der Waals surface area contributed by atoms with E-state index in [-0.39, 0.29) is 18.2 Å². The van der Waals surface area contributed by atoms with Gasteiger partial charge in [-0.05, 0) is 55.2 Å². The molecule has 2 aromatic carbocycles. The Hall–Kier alpha value is -2.82. The molecule has 0 aliphatic rings. The Morgan fingerprint density at radius 2 is 1.85 bits per heavy atom. The second-order valence-corrected chi connectivity index (χ2v) is 6.72. The van der Waals surface area contributed by atoms with Crippen LogP contribution in [0.5, 0.6) is 5.75 Å². The fraction of sp³-hybridized carbons (Fsp3) is 0.364. The summed E-state index contributed by atoms with van der Waals surface area (Å²) in [5.74, 6) is 0.684. The number of nitrogens with one attached hydrogen (secondary N) is 1. The van der Waals surface area contributed by atoms with Crippen LogP contribution in [0.1, 0.15) is 30.0 Å². The summed E-state index contributed by atoms with van der Waals surface area (Å²) >= 11 is 0. The molecule has 0 heterocycles. The highest BCUT2D eigenvalue weighted by atomic mass is 16.5. The number of anilines is 1. The maximum absolute atomic E-state index is 12.3. The van der Waals surface area contributed by atoms with Gasteiger partial charge in [0.15, 0.2) is 0 Å². The summed E-state index contributed by atoms with van der Waals surface area (Å²) in [5, 5.41) is 2.94.